The molecule has 0 aliphatic rings. The standard InChI is InChI=1S/C32H56O3/c1-7-8-9-10-11-12-13-14-15-16-17-18-19-20-21-22-23-35-31(34)27(3)28-25-30(33)29(24-26(28)2)32(4,5)6/h24-25,27,33H,7-23H2,1-6H3. The maximum absolute atomic E-state index is 12.5. The zero-order valence-electron chi connectivity index (χ0n) is 24.0. The summed E-state index contributed by atoms with van der Waals surface area (Å²) < 4.78 is 5.55. The van der Waals surface area contributed by atoms with Gasteiger partial charge in [0.2, 0.25) is 0 Å². The summed E-state index contributed by atoms with van der Waals surface area (Å²) in [6, 6.07) is 3.75. The van der Waals surface area contributed by atoms with Gasteiger partial charge < -0.3 is 9.84 Å². The first-order valence-corrected chi connectivity index (χ1v) is 14.7. The molecular weight excluding hydrogens is 432 g/mol. The molecule has 0 saturated heterocycles. The zero-order valence-corrected chi connectivity index (χ0v) is 24.0. The summed E-state index contributed by atoms with van der Waals surface area (Å²) in [7, 11) is 0. The van der Waals surface area contributed by atoms with E-state index >= 15 is 0 Å². The van der Waals surface area contributed by atoms with Crippen molar-refractivity contribution in [3.05, 3.63) is 28.8 Å². The van der Waals surface area contributed by atoms with Crippen molar-refractivity contribution < 1.29 is 14.6 Å². The number of phenols is 1. The second-order valence-corrected chi connectivity index (χ2v) is 11.7. The van der Waals surface area contributed by atoms with Crippen molar-refractivity contribution in [2.24, 2.45) is 0 Å². The summed E-state index contributed by atoms with van der Waals surface area (Å²) >= 11 is 0. The molecule has 0 aliphatic heterocycles. The van der Waals surface area contributed by atoms with E-state index < -0.39 is 0 Å². The van der Waals surface area contributed by atoms with Crippen LogP contribution in [0.1, 0.15) is 160 Å². The Morgan fingerprint density at radius 3 is 1.66 bits per heavy atom. The molecule has 1 N–H and O–H groups in total. The van der Waals surface area contributed by atoms with Crippen LogP contribution in [0.3, 0.4) is 0 Å². The van der Waals surface area contributed by atoms with Gasteiger partial charge in [-0.2, -0.15) is 0 Å². The van der Waals surface area contributed by atoms with Crippen molar-refractivity contribution in [2.75, 3.05) is 6.61 Å². The third-order valence-electron chi connectivity index (χ3n) is 7.25. The fraction of sp³-hybridized carbons (Fsp3) is 0.781. The lowest BCUT2D eigenvalue weighted by Crippen LogP contribution is -2.17. The summed E-state index contributed by atoms with van der Waals surface area (Å²) in [4.78, 5) is 12.5. The minimum Gasteiger partial charge on any atom is -0.508 e. The van der Waals surface area contributed by atoms with Crippen molar-refractivity contribution >= 4 is 5.97 Å². The number of carbonyl (C=O) groups is 1. The van der Waals surface area contributed by atoms with E-state index in [0.717, 1.165) is 29.5 Å². The Morgan fingerprint density at radius 2 is 1.23 bits per heavy atom. The molecule has 1 atom stereocenters. The van der Waals surface area contributed by atoms with Crippen LogP contribution >= 0.6 is 0 Å². The number of benzene rings is 1. The van der Waals surface area contributed by atoms with E-state index in [2.05, 4.69) is 27.7 Å². The number of hydrogen-bond acceptors (Lipinski definition) is 3. The van der Waals surface area contributed by atoms with Gasteiger partial charge in [0.25, 0.3) is 0 Å². The first-order chi connectivity index (χ1) is 16.7. The Labute approximate surface area is 217 Å². The molecule has 0 radical (unpaired) electrons. The summed E-state index contributed by atoms with van der Waals surface area (Å²) in [5.41, 5.74) is 2.66. The first kappa shape index (κ1) is 31.5. The second-order valence-electron chi connectivity index (χ2n) is 11.7. The number of esters is 1. The lowest BCUT2D eigenvalue weighted by molar-refractivity contribution is -0.145. The molecule has 0 spiro atoms. The van der Waals surface area contributed by atoms with E-state index in [1.54, 1.807) is 6.07 Å². The monoisotopic (exact) mass is 488 g/mol. The maximum atomic E-state index is 12.5. The molecule has 3 nitrogen and oxygen atoms in total. The van der Waals surface area contributed by atoms with Gasteiger partial charge in [-0.3, -0.25) is 4.79 Å². The van der Waals surface area contributed by atoms with Crippen LogP contribution in [0.5, 0.6) is 5.75 Å². The fourth-order valence-corrected chi connectivity index (χ4v) is 4.85. The highest BCUT2D eigenvalue weighted by molar-refractivity contribution is 5.78. The van der Waals surface area contributed by atoms with Gasteiger partial charge >= 0.3 is 5.97 Å². The van der Waals surface area contributed by atoms with E-state index in [9.17, 15) is 9.90 Å². The fourth-order valence-electron chi connectivity index (χ4n) is 4.85. The van der Waals surface area contributed by atoms with Gasteiger partial charge in [0.1, 0.15) is 5.75 Å². The van der Waals surface area contributed by atoms with Gasteiger partial charge in [0.05, 0.1) is 12.5 Å². The smallest absolute Gasteiger partial charge is 0.313 e. The Balaban J connectivity index is 2.07. The van der Waals surface area contributed by atoms with Crippen LogP contribution in [-0.4, -0.2) is 17.7 Å². The third-order valence-corrected chi connectivity index (χ3v) is 7.25. The molecule has 35 heavy (non-hydrogen) atoms. The van der Waals surface area contributed by atoms with E-state index in [-0.39, 0.29) is 23.1 Å². The molecule has 1 rings (SSSR count). The number of carbonyl (C=O) groups excluding carboxylic acids is 1. The third kappa shape index (κ3) is 13.4. The highest BCUT2D eigenvalue weighted by atomic mass is 16.5. The van der Waals surface area contributed by atoms with Crippen molar-refractivity contribution in [2.45, 2.75) is 156 Å². The Hall–Kier alpha value is -1.51. The second kappa shape index (κ2) is 17.8. The molecule has 0 bridgehead atoms. The zero-order chi connectivity index (χ0) is 26.1. The lowest BCUT2D eigenvalue weighted by atomic mass is 9.83. The molecule has 3 heteroatoms. The van der Waals surface area contributed by atoms with Crippen molar-refractivity contribution in [3.63, 3.8) is 0 Å². The molecule has 0 saturated carbocycles. The molecule has 0 aromatic heterocycles. The van der Waals surface area contributed by atoms with Crippen LogP contribution in [0.2, 0.25) is 0 Å². The van der Waals surface area contributed by atoms with Crippen molar-refractivity contribution in [3.8, 4) is 5.75 Å². The van der Waals surface area contributed by atoms with Gasteiger partial charge in [-0.1, -0.05) is 130 Å². The molecule has 0 fully saturated rings. The normalized spacial score (nSPS) is 12.6. The van der Waals surface area contributed by atoms with Crippen LogP contribution < -0.4 is 0 Å². The highest BCUT2D eigenvalue weighted by Gasteiger charge is 2.24. The van der Waals surface area contributed by atoms with E-state index in [4.69, 9.17) is 4.74 Å². The highest BCUT2D eigenvalue weighted by Crippen LogP contribution is 2.35. The molecule has 1 aromatic carbocycles. The predicted octanol–water partition coefficient (Wildman–Crippen LogP) is 9.91. The van der Waals surface area contributed by atoms with E-state index in [1.807, 2.05) is 19.9 Å². The van der Waals surface area contributed by atoms with Gasteiger partial charge in [-0.15, -0.1) is 0 Å². The van der Waals surface area contributed by atoms with Gasteiger partial charge in [-0.25, -0.2) is 0 Å². The largest absolute Gasteiger partial charge is 0.508 e. The first-order valence-electron chi connectivity index (χ1n) is 14.7. The average molecular weight is 489 g/mol. The van der Waals surface area contributed by atoms with Gasteiger partial charge in [0, 0.05) is 0 Å². The number of unbranched alkanes of at least 4 members (excludes halogenated alkanes) is 15. The topological polar surface area (TPSA) is 46.5 Å². The Kier molecular flexibility index (Phi) is 16.1. The summed E-state index contributed by atoms with van der Waals surface area (Å²) in [5.74, 6) is -0.302. The minimum absolute atomic E-state index is 0.135. The van der Waals surface area contributed by atoms with Crippen molar-refractivity contribution in [1.29, 1.82) is 0 Å². The Morgan fingerprint density at radius 1 is 0.800 bits per heavy atom. The van der Waals surface area contributed by atoms with Crippen LogP contribution in [-0.2, 0) is 14.9 Å². The number of aryl methyl sites for hydroxylation is 1. The number of ether oxygens (including phenoxy) is 1. The van der Waals surface area contributed by atoms with Crippen LogP contribution in [0, 0.1) is 6.92 Å². The number of rotatable bonds is 19. The van der Waals surface area contributed by atoms with Crippen LogP contribution in [0.15, 0.2) is 12.1 Å². The summed E-state index contributed by atoms with van der Waals surface area (Å²) in [6.07, 6.45) is 21.4. The van der Waals surface area contributed by atoms with Crippen LogP contribution in [0.25, 0.3) is 0 Å². The average Bonchev–Trinajstić information content (AvgIpc) is 2.81. The summed E-state index contributed by atoms with van der Waals surface area (Å²) in [6.45, 7) is 12.9. The predicted molar refractivity (Wildman–Crippen MR) is 150 cm³/mol. The molecule has 1 unspecified atom stereocenters. The van der Waals surface area contributed by atoms with E-state index in [1.165, 1.54) is 89.9 Å². The molecule has 0 aliphatic carbocycles. The molecule has 202 valence electrons. The van der Waals surface area contributed by atoms with Gasteiger partial charge in [0.15, 0.2) is 0 Å². The van der Waals surface area contributed by atoms with Gasteiger partial charge in [-0.05, 0) is 48.4 Å². The maximum Gasteiger partial charge on any atom is 0.313 e. The Bertz CT molecular complexity index is 701. The molecular formula is C32H56O3. The van der Waals surface area contributed by atoms with E-state index in [0.29, 0.717) is 6.61 Å². The van der Waals surface area contributed by atoms with Crippen molar-refractivity contribution in [1.82, 2.24) is 0 Å². The molecule has 1 aromatic rings. The molecule has 0 amide bonds. The number of aromatic hydroxyl groups is 1. The lowest BCUT2D eigenvalue weighted by Gasteiger charge is -2.23. The quantitative estimate of drug-likeness (QED) is 0.156. The minimum atomic E-state index is -0.365. The SMILES string of the molecule is CCCCCCCCCCCCCCCCCCOC(=O)C(C)c1cc(O)c(C(C)(C)C)cc1C. The summed E-state index contributed by atoms with van der Waals surface area (Å²) in [5, 5.41) is 10.5. The molecule has 0 heterocycles. The number of hydrogen-bond donors (Lipinski definition) is 1. The number of phenolic OH excluding ortho intramolecular Hbond substituents is 1. The van der Waals surface area contributed by atoms with Crippen LogP contribution in [0.4, 0.5) is 0 Å².